The smallest absolute Gasteiger partial charge is 0.266 e. The van der Waals surface area contributed by atoms with Crippen LogP contribution in [-0.2, 0) is 5.54 Å². The van der Waals surface area contributed by atoms with Gasteiger partial charge in [-0.05, 0) is 13.6 Å². The van der Waals surface area contributed by atoms with Crippen molar-refractivity contribution >= 4 is 18.3 Å². The van der Waals surface area contributed by atoms with Crippen LogP contribution in [0.25, 0.3) is 0 Å². The Hall–Kier alpha value is -3.30. The fraction of sp³-hybridized carbons (Fsp3) is 0.318. The van der Waals surface area contributed by atoms with Gasteiger partial charge in [-0.2, -0.15) is 0 Å². The Balaban J connectivity index is 1.98. The van der Waals surface area contributed by atoms with Crippen molar-refractivity contribution in [1.82, 2.24) is 9.88 Å². The first-order valence-corrected chi connectivity index (χ1v) is 9.54. The molecule has 1 aromatic carbocycles. The molecule has 1 saturated carbocycles. The Labute approximate surface area is 180 Å². The first-order chi connectivity index (χ1) is 14.9. The maximum atomic E-state index is 14.5. The zero-order valence-corrected chi connectivity index (χ0v) is 17.0. The van der Waals surface area contributed by atoms with Gasteiger partial charge in [-0.15, -0.1) is 6.58 Å². The van der Waals surface area contributed by atoms with Gasteiger partial charge in [0.1, 0.15) is 5.82 Å². The first-order valence-electron chi connectivity index (χ1n) is 9.54. The van der Waals surface area contributed by atoms with Crippen LogP contribution in [0.5, 0.6) is 0 Å². The molecular formula is C22H20F5N3O2. The number of hydrogen-bond acceptors (Lipinski definition) is 3. The zero-order valence-electron chi connectivity index (χ0n) is 17.0. The van der Waals surface area contributed by atoms with Gasteiger partial charge in [-0.25, -0.2) is 22.0 Å². The van der Waals surface area contributed by atoms with Crippen molar-refractivity contribution in [2.75, 3.05) is 0 Å². The summed E-state index contributed by atoms with van der Waals surface area (Å²) in [5.74, 6) is -4.96. The number of aromatic nitrogens is 1. The number of carbonyl (C=O) groups excluding carboxylic acids is 1. The Morgan fingerprint density at radius 3 is 2.44 bits per heavy atom. The van der Waals surface area contributed by atoms with Crippen LogP contribution in [0.4, 0.5) is 27.6 Å². The van der Waals surface area contributed by atoms with Gasteiger partial charge >= 0.3 is 0 Å². The Morgan fingerprint density at radius 2 is 1.91 bits per heavy atom. The minimum Gasteiger partial charge on any atom is -0.342 e. The molecule has 0 saturated heterocycles. The van der Waals surface area contributed by atoms with E-state index in [0.29, 0.717) is 0 Å². The van der Waals surface area contributed by atoms with Gasteiger partial charge in [0.05, 0.1) is 28.4 Å². The van der Waals surface area contributed by atoms with Crippen LogP contribution in [0, 0.1) is 5.82 Å². The van der Waals surface area contributed by atoms with E-state index in [1.165, 1.54) is 19.1 Å². The van der Waals surface area contributed by atoms with E-state index in [0.717, 1.165) is 29.0 Å². The van der Waals surface area contributed by atoms with E-state index in [9.17, 15) is 31.5 Å². The highest BCUT2D eigenvalue weighted by atomic mass is 19.3. The second kappa shape index (κ2) is 8.33. The van der Waals surface area contributed by atoms with Crippen molar-refractivity contribution in [3.63, 3.8) is 0 Å². The number of halogens is 5. The lowest BCUT2D eigenvalue weighted by atomic mass is 9.74. The summed E-state index contributed by atoms with van der Waals surface area (Å²) in [6.07, 6.45) is -1.97. The molecule has 32 heavy (non-hydrogen) atoms. The number of aliphatic imine (C=N–C) groups is 1. The van der Waals surface area contributed by atoms with E-state index in [4.69, 9.17) is 0 Å². The summed E-state index contributed by atoms with van der Waals surface area (Å²) >= 11 is 0. The van der Waals surface area contributed by atoms with Crippen LogP contribution in [0.3, 0.4) is 0 Å². The number of pyridine rings is 1. The van der Waals surface area contributed by atoms with Gasteiger partial charge in [-0.3, -0.25) is 14.6 Å². The van der Waals surface area contributed by atoms with Gasteiger partial charge in [0, 0.05) is 30.7 Å². The molecule has 1 aromatic heterocycles. The summed E-state index contributed by atoms with van der Waals surface area (Å²) in [4.78, 5) is 29.0. The van der Waals surface area contributed by atoms with Gasteiger partial charge in [0.2, 0.25) is 0 Å². The summed E-state index contributed by atoms with van der Waals surface area (Å²) < 4.78 is 68.6. The van der Waals surface area contributed by atoms with Crippen LogP contribution in [0.2, 0.25) is 0 Å². The first kappa shape index (κ1) is 23.4. The lowest BCUT2D eigenvalue weighted by Gasteiger charge is -2.46. The summed E-state index contributed by atoms with van der Waals surface area (Å²) in [5.41, 5.74) is -3.19. The van der Waals surface area contributed by atoms with Crippen molar-refractivity contribution in [2.45, 2.75) is 43.7 Å². The number of nitrogens with one attached hydrogen (secondary N) is 1. The fourth-order valence-corrected chi connectivity index (χ4v) is 3.94. The van der Waals surface area contributed by atoms with E-state index in [2.05, 4.69) is 23.6 Å². The molecule has 0 radical (unpaired) electrons. The molecule has 5 nitrogen and oxygen atoms in total. The van der Waals surface area contributed by atoms with Gasteiger partial charge in [-0.1, -0.05) is 24.3 Å². The molecule has 2 aromatic rings. The molecule has 1 N–H and O–H groups in total. The Kier molecular flexibility index (Phi) is 6.08. The number of alkyl halides is 4. The van der Waals surface area contributed by atoms with Crippen LogP contribution >= 0.6 is 0 Å². The summed E-state index contributed by atoms with van der Waals surface area (Å²) in [6.45, 7) is 8.28. The highest BCUT2D eigenvalue weighted by Gasteiger charge is 2.55. The van der Waals surface area contributed by atoms with Crippen molar-refractivity contribution in [1.29, 1.82) is 0 Å². The molecule has 1 aliphatic rings. The third-order valence-electron chi connectivity index (χ3n) is 5.46. The standard InChI is InChI=1S/C22H20F5N3O2/c1-4-15(12-6-5-7-13(18(12)23)19(24)25)29-20(32)14-9-30(17(31)8-16(14)28-3)21(2)10-22(26,27)11-21/h4-9,15,19H,1,3,10-11H2,2H3,(H,29,32)/t15-/m1/s1. The number of carbonyl (C=O) groups is 1. The molecular weight excluding hydrogens is 433 g/mol. The van der Waals surface area contributed by atoms with Crippen molar-refractivity contribution < 1.29 is 26.7 Å². The number of hydrogen-bond donors (Lipinski definition) is 1. The Bertz CT molecular complexity index is 1130. The van der Waals surface area contributed by atoms with Crippen LogP contribution in [-0.4, -0.2) is 23.1 Å². The van der Waals surface area contributed by atoms with Crippen molar-refractivity contribution in [3.8, 4) is 0 Å². The van der Waals surface area contributed by atoms with E-state index in [1.807, 2.05) is 0 Å². The maximum Gasteiger partial charge on any atom is 0.266 e. The average Bonchev–Trinajstić information content (AvgIpc) is 2.70. The highest BCUT2D eigenvalue weighted by molar-refractivity contribution is 5.99. The summed E-state index contributed by atoms with van der Waals surface area (Å²) in [5, 5.41) is 2.44. The molecule has 0 aliphatic heterocycles. The van der Waals surface area contributed by atoms with Gasteiger partial charge in [0.25, 0.3) is 23.8 Å². The molecule has 0 unspecified atom stereocenters. The molecule has 1 amide bonds. The van der Waals surface area contributed by atoms with Crippen LogP contribution in [0.1, 0.15) is 53.7 Å². The molecule has 170 valence electrons. The summed E-state index contributed by atoms with van der Waals surface area (Å²) in [7, 11) is 0. The van der Waals surface area contributed by atoms with Gasteiger partial charge < -0.3 is 9.88 Å². The van der Waals surface area contributed by atoms with E-state index in [1.54, 1.807) is 0 Å². The second-order valence-corrected chi connectivity index (χ2v) is 7.88. The third-order valence-corrected chi connectivity index (χ3v) is 5.46. The highest BCUT2D eigenvalue weighted by Crippen LogP contribution is 2.49. The monoisotopic (exact) mass is 453 g/mol. The quantitative estimate of drug-likeness (QED) is 0.362. The fourth-order valence-electron chi connectivity index (χ4n) is 3.94. The maximum absolute atomic E-state index is 14.5. The topological polar surface area (TPSA) is 63.5 Å². The van der Waals surface area contributed by atoms with Gasteiger partial charge in [0.15, 0.2) is 0 Å². The average molecular weight is 453 g/mol. The minimum atomic E-state index is -3.06. The predicted molar refractivity (Wildman–Crippen MR) is 110 cm³/mol. The number of benzene rings is 1. The number of amides is 1. The molecule has 3 rings (SSSR count). The molecule has 1 heterocycles. The Morgan fingerprint density at radius 1 is 1.28 bits per heavy atom. The normalized spacial score (nSPS) is 17.3. The molecule has 1 atom stereocenters. The van der Waals surface area contributed by atoms with Crippen molar-refractivity contribution in [3.05, 3.63) is 76.0 Å². The number of rotatable bonds is 7. The molecule has 0 bridgehead atoms. The number of nitrogens with zero attached hydrogens (tertiary/aromatic N) is 2. The third kappa shape index (κ3) is 4.21. The lowest BCUT2D eigenvalue weighted by Crippen LogP contribution is -2.54. The van der Waals surface area contributed by atoms with E-state index < -0.39 is 59.6 Å². The molecule has 1 aliphatic carbocycles. The van der Waals surface area contributed by atoms with Crippen LogP contribution in [0.15, 0.2) is 52.9 Å². The van der Waals surface area contributed by atoms with Crippen molar-refractivity contribution in [2.24, 2.45) is 4.99 Å². The zero-order chi connectivity index (χ0) is 23.8. The molecule has 1 fully saturated rings. The SMILES string of the molecule is C=C[C@@H](NC(=O)c1cn(C2(C)CC(F)(F)C2)c(=O)cc1N=C)c1cccc(C(F)F)c1F. The predicted octanol–water partition coefficient (Wildman–Crippen LogP) is 5.06. The lowest BCUT2D eigenvalue weighted by molar-refractivity contribution is -0.146. The van der Waals surface area contributed by atoms with Crippen LogP contribution < -0.4 is 10.9 Å². The summed E-state index contributed by atoms with van der Waals surface area (Å²) in [6, 6.07) is 3.17. The minimum absolute atomic E-state index is 0.108. The van der Waals surface area contributed by atoms with E-state index in [-0.39, 0.29) is 16.8 Å². The molecule has 0 spiro atoms. The molecule has 10 heteroatoms. The van der Waals surface area contributed by atoms with E-state index >= 15 is 0 Å². The largest absolute Gasteiger partial charge is 0.342 e. The second-order valence-electron chi connectivity index (χ2n) is 7.88.